The molecule has 0 unspecified atom stereocenters. The molecule has 0 heterocycles. The van der Waals surface area contributed by atoms with E-state index >= 15 is 0 Å². The van der Waals surface area contributed by atoms with Crippen LogP contribution in [-0.4, -0.2) is 25.7 Å². The lowest BCUT2D eigenvalue weighted by atomic mass is 9.44. The number of carbonyl (C=O) groups is 2. The van der Waals surface area contributed by atoms with Crippen molar-refractivity contribution in [2.24, 2.45) is 46.3 Å². The molecule has 0 aromatic carbocycles. The molecule has 0 saturated heterocycles. The highest BCUT2D eigenvalue weighted by Gasteiger charge is 2.60. The number of ether oxygens (including phenoxy) is 2. The zero-order valence-electron chi connectivity index (χ0n) is 19.3. The highest BCUT2D eigenvalue weighted by Crippen LogP contribution is 2.68. The van der Waals surface area contributed by atoms with E-state index in [2.05, 4.69) is 20.8 Å². The van der Waals surface area contributed by atoms with Crippen LogP contribution in [0.3, 0.4) is 0 Å². The van der Waals surface area contributed by atoms with E-state index < -0.39 is 0 Å². The van der Waals surface area contributed by atoms with Crippen molar-refractivity contribution < 1.29 is 19.1 Å². The second-order valence-corrected chi connectivity index (χ2v) is 11.6. The molecule has 0 aliphatic heterocycles. The standard InChI is InChI=1S/C26H42O4/c1-18(5-4-14-29-16-27)22-8-9-23-21-7-6-19-15-20(30-17-28)10-12-25(19,2)24(21)11-13-26(22,23)3/h16-24H,4-15H2,1-3H3/t18-,19-,20-,21+,22-,23+,24+,25+,26-/m1/s1. The molecular weight excluding hydrogens is 376 g/mol. The predicted octanol–water partition coefficient (Wildman–Crippen LogP) is 5.78. The maximum Gasteiger partial charge on any atom is 0.293 e. The van der Waals surface area contributed by atoms with Gasteiger partial charge in [-0.25, -0.2) is 0 Å². The van der Waals surface area contributed by atoms with E-state index in [9.17, 15) is 9.59 Å². The van der Waals surface area contributed by atoms with Gasteiger partial charge < -0.3 is 9.47 Å². The first-order valence-corrected chi connectivity index (χ1v) is 12.6. The predicted molar refractivity (Wildman–Crippen MR) is 117 cm³/mol. The average Bonchev–Trinajstić information content (AvgIpc) is 3.09. The Labute approximate surface area is 182 Å². The zero-order valence-corrected chi connectivity index (χ0v) is 19.3. The third kappa shape index (κ3) is 3.71. The van der Waals surface area contributed by atoms with Crippen molar-refractivity contribution in [2.75, 3.05) is 6.61 Å². The quantitative estimate of drug-likeness (QED) is 0.370. The molecule has 0 radical (unpaired) electrons. The van der Waals surface area contributed by atoms with E-state index in [-0.39, 0.29) is 6.10 Å². The number of carbonyl (C=O) groups excluding carboxylic acids is 2. The van der Waals surface area contributed by atoms with Gasteiger partial charge in [0.15, 0.2) is 0 Å². The van der Waals surface area contributed by atoms with Gasteiger partial charge in [-0.15, -0.1) is 0 Å². The van der Waals surface area contributed by atoms with E-state index in [1.807, 2.05) is 0 Å². The maximum atomic E-state index is 10.8. The van der Waals surface area contributed by atoms with Crippen molar-refractivity contribution in [3.8, 4) is 0 Å². The smallest absolute Gasteiger partial charge is 0.293 e. The molecular formula is C26H42O4. The van der Waals surface area contributed by atoms with Crippen LogP contribution in [0.5, 0.6) is 0 Å². The molecule has 0 aromatic rings. The van der Waals surface area contributed by atoms with Gasteiger partial charge in [0.25, 0.3) is 12.9 Å². The number of rotatable bonds is 8. The SMILES string of the molecule is C[C@H](CCCOC=O)[C@H]1CC[C@H]2[C@@H]3CC[C@@H]4C[C@H](OC=O)CC[C@]4(C)[C@H]3CC[C@]12C. The number of hydrogen-bond acceptors (Lipinski definition) is 4. The molecule has 30 heavy (non-hydrogen) atoms. The Morgan fingerprint density at radius 1 is 0.933 bits per heavy atom. The molecule has 170 valence electrons. The summed E-state index contributed by atoms with van der Waals surface area (Å²) in [7, 11) is 0. The van der Waals surface area contributed by atoms with Gasteiger partial charge in [-0.2, -0.15) is 0 Å². The fraction of sp³-hybridized carbons (Fsp3) is 0.923. The van der Waals surface area contributed by atoms with Crippen molar-refractivity contribution in [2.45, 2.75) is 97.5 Å². The Morgan fingerprint density at radius 3 is 2.47 bits per heavy atom. The van der Waals surface area contributed by atoms with Crippen molar-refractivity contribution in [1.82, 2.24) is 0 Å². The van der Waals surface area contributed by atoms with Gasteiger partial charge >= 0.3 is 0 Å². The molecule has 4 aliphatic rings. The van der Waals surface area contributed by atoms with Crippen LogP contribution >= 0.6 is 0 Å². The lowest BCUT2D eigenvalue weighted by Gasteiger charge is -2.61. The summed E-state index contributed by atoms with van der Waals surface area (Å²) in [6.07, 6.45) is 14.0. The fourth-order valence-electron chi connectivity index (χ4n) is 9.13. The molecule has 0 amide bonds. The summed E-state index contributed by atoms with van der Waals surface area (Å²) in [6, 6.07) is 0. The van der Waals surface area contributed by atoms with Gasteiger partial charge in [-0.3, -0.25) is 9.59 Å². The first-order chi connectivity index (χ1) is 14.4. The summed E-state index contributed by atoms with van der Waals surface area (Å²) >= 11 is 0. The van der Waals surface area contributed by atoms with Crippen molar-refractivity contribution in [1.29, 1.82) is 0 Å². The summed E-state index contributed by atoms with van der Waals surface area (Å²) in [5.41, 5.74) is 0.940. The second-order valence-electron chi connectivity index (χ2n) is 11.6. The fourth-order valence-corrected chi connectivity index (χ4v) is 9.13. The molecule has 4 fully saturated rings. The molecule has 4 nitrogen and oxygen atoms in total. The molecule has 9 atom stereocenters. The van der Waals surface area contributed by atoms with Crippen LogP contribution in [-0.2, 0) is 19.1 Å². The third-order valence-corrected chi connectivity index (χ3v) is 10.6. The molecule has 0 spiro atoms. The van der Waals surface area contributed by atoms with Gasteiger partial charge in [0.1, 0.15) is 6.10 Å². The summed E-state index contributed by atoms with van der Waals surface area (Å²) in [6.45, 7) is 9.45. The number of fused-ring (bicyclic) bond motifs is 5. The van der Waals surface area contributed by atoms with E-state index in [1.54, 1.807) is 0 Å². The largest absolute Gasteiger partial charge is 0.468 e. The summed E-state index contributed by atoms with van der Waals surface area (Å²) in [5.74, 6) is 4.91. The average molecular weight is 419 g/mol. The summed E-state index contributed by atoms with van der Waals surface area (Å²) < 4.78 is 10.3. The Balaban J connectivity index is 1.43. The van der Waals surface area contributed by atoms with Gasteiger partial charge in [0.05, 0.1) is 6.61 Å². The monoisotopic (exact) mass is 418 g/mol. The Hall–Kier alpha value is -1.06. The van der Waals surface area contributed by atoms with Crippen LogP contribution in [0.4, 0.5) is 0 Å². The Morgan fingerprint density at radius 2 is 1.70 bits per heavy atom. The lowest BCUT2D eigenvalue weighted by Crippen LogP contribution is -2.54. The highest BCUT2D eigenvalue weighted by atomic mass is 16.5. The van der Waals surface area contributed by atoms with Crippen LogP contribution < -0.4 is 0 Å². The minimum absolute atomic E-state index is 0.158. The normalized spacial score (nSPS) is 46.1. The minimum atomic E-state index is 0.158. The molecule has 4 aliphatic carbocycles. The molecule has 4 heteroatoms. The zero-order chi connectivity index (χ0) is 21.4. The second kappa shape index (κ2) is 8.82. The van der Waals surface area contributed by atoms with Crippen LogP contribution in [0.25, 0.3) is 0 Å². The van der Waals surface area contributed by atoms with Gasteiger partial charge in [-0.1, -0.05) is 20.8 Å². The van der Waals surface area contributed by atoms with E-state index in [4.69, 9.17) is 9.47 Å². The van der Waals surface area contributed by atoms with E-state index in [0.29, 0.717) is 30.4 Å². The summed E-state index contributed by atoms with van der Waals surface area (Å²) in [4.78, 5) is 21.3. The molecule has 0 bridgehead atoms. The van der Waals surface area contributed by atoms with Crippen molar-refractivity contribution in [3.05, 3.63) is 0 Å². The van der Waals surface area contributed by atoms with Gasteiger partial charge in [0.2, 0.25) is 0 Å². The van der Waals surface area contributed by atoms with Crippen molar-refractivity contribution in [3.63, 3.8) is 0 Å². The van der Waals surface area contributed by atoms with E-state index in [1.165, 1.54) is 51.4 Å². The Bertz CT molecular complexity index is 620. The first-order valence-electron chi connectivity index (χ1n) is 12.6. The topological polar surface area (TPSA) is 52.6 Å². The van der Waals surface area contributed by atoms with E-state index in [0.717, 1.165) is 54.8 Å². The molecule has 4 rings (SSSR count). The Kier molecular flexibility index (Phi) is 6.51. The van der Waals surface area contributed by atoms with Crippen LogP contribution in [0.1, 0.15) is 91.4 Å². The van der Waals surface area contributed by atoms with Crippen molar-refractivity contribution >= 4 is 12.9 Å². The van der Waals surface area contributed by atoms with Crippen LogP contribution in [0, 0.1) is 46.3 Å². The van der Waals surface area contributed by atoms with Crippen LogP contribution in [0.15, 0.2) is 0 Å². The minimum Gasteiger partial charge on any atom is -0.468 e. The molecule has 0 aromatic heterocycles. The van der Waals surface area contributed by atoms with Gasteiger partial charge in [-0.05, 0) is 117 Å². The third-order valence-electron chi connectivity index (χ3n) is 10.6. The summed E-state index contributed by atoms with van der Waals surface area (Å²) in [5, 5.41) is 0. The molecule has 4 saturated carbocycles. The van der Waals surface area contributed by atoms with Gasteiger partial charge in [0, 0.05) is 0 Å². The highest BCUT2D eigenvalue weighted by molar-refractivity contribution is 5.37. The number of hydrogen-bond donors (Lipinski definition) is 0. The molecule has 0 N–H and O–H groups in total. The maximum absolute atomic E-state index is 10.8. The lowest BCUT2D eigenvalue weighted by molar-refractivity contribution is -0.151. The first kappa shape index (κ1) is 22.1. The van der Waals surface area contributed by atoms with Crippen LogP contribution in [0.2, 0.25) is 0 Å².